The number of nitrogens with zero attached hydrogens (tertiary/aromatic N) is 1. The summed E-state index contributed by atoms with van der Waals surface area (Å²) in [5.74, 6) is 0.627. The van der Waals surface area contributed by atoms with Crippen molar-refractivity contribution in [3.8, 4) is 0 Å². The normalized spacial score (nSPS) is 22.1. The maximum Gasteiger partial charge on any atom is 0.244 e. The van der Waals surface area contributed by atoms with Crippen LogP contribution < -0.4 is 5.32 Å². The Morgan fingerprint density at radius 3 is 2.81 bits per heavy atom. The number of amides is 1. The van der Waals surface area contributed by atoms with Crippen LogP contribution in [0.4, 0.5) is 0 Å². The first-order chi connectivity index (χ1) is 10.3. The summed E-state index contributed by atoms with van der Waals surface area (Å²) in [6.45, 7) is 4.26. The van der Waals surface area contributed by atoms with Gasteiger partial charge in [-0.1, -0.05) is 0 Å². The molecule has 1 aromatic heterocycles. The second-order valence-corrected chi connectivity index (χ2v) is 5.74. The van der Waals surface area contributed by atoms with Crippen molar-refractivity contribution in [2.24, 2.45) is 0 Å². The van der Waals surface area contributed by atoms with Gasteiger partial charge in [-0.05, 0) is 37.5 Å². The van der Waals surface area contributed by atoms with E-state index in [4.69, 9.17) is 9.15 Å². The molecule has 0 spiro atoms. The average Bonchev–Trinajstić information content (AvgIpc) is 2.98. The summed E-state index contributed by atoms with van der Waals surface area (Å²) in [4.78, 5) is 14.4. The molecule has 1 saturated carbocycles. The van der Waals surface area contributed by atoms with Crippen molar-refractivity contribution in [1.82, 2.24) is 10.2 Å². The van der Waals surface area contributed by atoms with E-state index in [9.17, 15) is 4.79 Å². The Kier molecular flexibility index (Phi) is 4.41. The van der Waals surface area contributed by atoms with Crippen molar-refractivity contribution in [3.63, 3.8) is 0 Å². The van der Waals surface area contributed by atoms with E-state index in [2.05, 4.69) is 10.2 Å². The molecule has 1 aliphatic heterocycles. The van der Waals surface area contributed by atoms with Crippen LogP contribution in [0.3, 0.4) is 0 Å². The summed E-state index contributed by atoms with van der Waals surface area (Å²) in [5.41, 5.74) is 0.151. The molecule has 5 nitrogen and oxygen atoms in total. The molecule has 1 amide bonds. The number of hydrogen-bond acceptors (Lipinski definition) is 4. The molecule has 114 valence electrons. The second-order valence-electron chi connectivity index (χ2n) is 5.74. The van der Waals surface area contributed by atoms with Gasteiger partial charge < -0.3 is 14.5 Å². The van der Waals surface area contributed by atoms with Crippen LogP contribution in [0.2, 0.25) is 0 Å². The van der Waals surface area contributed by atoms with Gasteiger partial charge in [-0.15, -0.1) is 0 Å². The van der Waals surface area contributed by atoms with Crippen molar-refractivity contribution in [3.05, 3.63) is 30.2 Å². The number of morpholine rings is 1. The predicted molar refractivity (Wildman–Crippen MR) is 79.7 cm³/mol. The zero-order chi connectivity index (χ0) is 14.5. The zero-order valence-corrected chi connectivity index (χ0v) is 12.2. The first-order valence-electron chi connectivity index (χ1n) is 7.61. The molecule has 2 fully saturated rings. The summed E-state index contributed by atoms with van der Waals surface area (Å²) >= 11 is 0. The van der Waals surface area contributed by atoms with Gasteiger partial charge in [-0.3, -0.25) is 9.69 Å². The Labute approximate surface area is 124 Å². The fraction of sp³-hybridized carbons (Fsp3) is 0.562. The number of nitrogens with one attached hydrogen (secondary N) is 1. The van der Waals surface area contributed by atoms with Crippen LogP contribution in [0.25, 0.3) is 6.08 Å². The molecule has 0 atom stereocenters. The Morgan fingerprint density at radius 2 is 2.19 bits per heavy atom. The van der Waals surface area contributed by atoms with E-state index in [1.807, 2.05) is 6.07 Å². The third-order valence-corrected chi connectivity index (χ3v) is 4.50. The monoisotopic (exact) mass is 290 g/mol. The van der Waals surface area contributed by atoms with Gasteiger partial charge in [-0.2, -0.15) is 0 Å². The van der Waals surface area contributed by atoms with Gasteiger partial charge in [0.05, 0.1) is 19.5 Å². The lowest BCUT2D eigenvalue weighted by Crippen LogP contribution is -2.62. The Balaban J connectivity index is 1.51. The maximum atomic E-state index is 11.9. The van der Waals surface area contributed by atoms with E-state index < -0.39 is 0 Å². The SMILES string of the molecule is O=C(C=Cc1ccco1)NCC1(N2CCOCC2)CCC1. The molecular weight excluding hydrogens is 268 g/mol. The van der Waals surface area contributed by atoms with Crippen LogP contribution in [-0.4, -0.2) is 49.2 Å². The Hall–Kier alpha value is -1.59. The Bertz CT molecular complexity index is 486. The average molecular weight is 290 g/mol. The van der Waals surface area contributed by atoms with Crippen LogP contribution in [-0.2, 0) is 9.53 Å². The van der Waals surface area contributed by atoms with Crippen LogP contribution in [0.5, 0.6) is 0 Å². The second kappa shape index (κ2) is 6.45. The largest absolute Gasteiger partial charge is 0.465 e. The van der Waals surface area contributed by atoms with E-state index in [-0.39, 0.29) is 11.4 Å². The highest BCUT2D eigenvalue weighted by Crippen LogP contribution is 2.37. The van der Waals surface area contributed by atoms with Gasteiger partial charge in [0.15, 0.2) is 0 Å². The number of carbonyl (C=O) groups is 1. The first kappa shape index (κ1) is 14.4. The minimum atomic E-state index is -0.0639. The molecule has 2 heterocycles. The van der Waals surface area contributed by atoms with Gasteiger partial charge in [0.1, 0.15) is 5.76 Å². The van der Waals surface area contributed by atoms with Gasteiger partial charge in [0, 0.05) is 31.2 Å². The molecule has 1 aliphatic carbocycles. The van der Waals surface area contributed by atoms with Crippen molar-refractivity contribution in [2.45, 2.75) is 24.8 Å². The molecule has 2 aliphatic rings. The topological polar surface area (TPSA) is 54.7 Å². The van der Waals surface area contributed by atoms with Crippen LogP contribution in [0, 0.1) is 0 Å². The van der Waals surface area contributed by atoms with Crippen LogP contribution >= 0.6 is 0 Å². The highest BCUT2D eigenvalue weighted by molar-refractivity contribution is 5.91. The molecule has 0 unspecified atom stereocenters. The van der Waals surface area contributed by atoms with Gasteiger partial charge in [0.2, 0.25) is 5.91 Å². The molecule has 21 heavy (non-hydrogen) atoms. The number of rotatable bonds is 5. The van der Waals surface area contributed by atoms with E-state index in [0.717, 1.165) is 39.1 Å². The van der Waals surface area contributed by atoms with Gasteiger partial charge >= 0.3 is 0 Å². The number of furan rings is 1. The highest BCUT2D eigenvalue weighted by Gasteiger charge is 2.42. The summed E-state index contributed by atoms with van der Waals surface area (Å²) in [7, 11) is 0. The van der Waals surface area contributed by atoms with Gasteiger partial charge in [-0.25, -0.2) is 0 Å². The molecule has 1 saturated heterocycles. The lowest BCUT2D eigenvalue weighted by atomic mass is 9.75. The third-order valence-electron chi connectivity index (χ3n) is 4.50. The summed E-state index contributed by atoms with van der Waals surface area (Å²) < 4.78 is 10.6. The predicted octanol–water partition coefficient (Wildman–Crippen LogP) is 1.66. The highest BCUT2D eigenvalue weighted by atomic mass is 16.5. The van der Waals surface area contributed by atoms with E-state index in [0.29, 0.717) is 12.3 Å². The standard InChI is InChI=1S/C16H22N2O3/c19-15(5-4-14-3-1-10-21-14)17-13-16(6-2-7-16)18-8-11-20-12-9-18/h1,3-5,10H,2,6-9,11-13H2,(H,17,19). The van der Waals surface area contributed by atoms with Crippen molar-refractivity contribution >= 4 is 12.0 Å². The molecule has 0 bridgehead atoms. The van der Waals surface area contributed by atoms with Crippen molar-refractivity contribution < 1.29 is 13.9 Å². The van der Waals surface area contributed by atoms with E-state index >= 15 is 0 Å². The molecule has 0 aromatic carbocycles. The van der Waals surface area contributed by atoms with Crippen molar-refractivity contribution in [1.29, 1.82) is 0 Å². The Morgan fingerprint density at radius 1 is 1.38 bits per heavy atom. The number of carbonyl (C=O) groups excluding carboxylic acids is 1. The molecule has 3 rings (SSSR count). The van der Waals surface area contributed by atoms with Crippen LogP contribution in [0.15, 0.2) is 28.9 Å². The fourth-order valence-corrected chi connectivity index (χ4v) is 3.08. The third kappa shape index (κ3) is 3.36. The maximum absolute atomic E-state index is 11.9. The summed E-state index contributed by atoms with van der Waals surface area (Å²) in [6.07, 6.45) is 8.39. The molecule has 5 heteroatoms. The minimum Gasteiger partial charge on any atom is -0.465 e. The van der Waals surface area contributed by atoms with E-state index in [1.54, 1.807) is 18.4 Å². The molecule has 0 radical (unpaired) electrons. The lowest BCUT2D eigenvalue weighted by molar-refractivity contribution is -0.118. The first-order valence-corrected chi connectivity index (χ1v) is 7.61. The zero-order valence-electron chi connectivity index (χ0n) is 12.2. The summed E-state index contributed by atoms with van der Waals surface area (Å²) in [5, 5.41) is 3.04. The number of hydrogen-bond donors (Lipinski definition) is 1. The quantitative estimate of drug-likeness (QED) is 0.838. The summed E-state index contributed by atoms with van der Waals surface area (Å²) in [6, 6.07) is 3.63. The van der Waals surface area contributed by atoms with E-state index in [1.165, 1.54) is 12.5 Å². The molecular formula is C16H22N2O3. The molecule has 1 aromatic rings. The molecule has 1 N–H and O–H groups in total. The van der Waals surface area contributed by atoms with Gasteiger partial charge in [0.25, 0.3) is 0 Å². The minimum absolute atomic E-state index is 0.0639. The van der Waals surface area contributed by atoms with Crippen LogP contribution in [0.1, 0.15) is 25.0 Å². The smallest absolute Gasteiger partial charge is 0.244 e. The fourth-order valence-electron chi connectivity index (χ4n) is 3.08. The number of ether oxygens (including phenoxy) is 1. The lowest BCUT2D eigenvalue weighted by Gasteiger charge is -2.51. The van der Waals surface area contributed by atoms with Crippen molar-refractivity contribution in [2.75, 3.05) is 32.8 Å².